The molecule has 1 N–H and O–H groups in total. The zero-order valence-electron chi connectivity index (χ0n) is 9.08. The highest BCUT2D eigenvalue weighted by atomic mass is 16.5. The summed E-state index contributed by atoms with van der Waals surface area (Å²) in [6.45, 7) is 0. The third kappa shape index (κ3) is 2.46. The Morgan fingerprint density at radius 2 is 2.18 bits per heavy atom. The third-order valence-electron chi connectivity index (χ3n) is 2.04. The maximum absolute atomic E-state index is 8.87. The van der Waals surface area contributed by atoms with Crippen LogP contribution in [-0.2, 0) is 0 Å². The van der Waals surface area contributed by atoms with Gasteiger partial charge in [0.25, 0.3) is 0 Å². The topological polar surface area (TPSA) is 83.7 Å². The molecule has 17 heavy (non-hydrogen) atoms. The fourth-order valence-electron chi connectivity index (χ4n) is 1.22. The Kier molecular flexibility index (Phi) is 3.12. The van der Waals surface area contributed by atoms with Crippen molar-refractivity contribution >= 4 is 11.5 Å². The fourth-order valence-corrected chi connectivity index (χ4v) is 1.22. The summed E-state index contributed by atoms with van der Waals surface area (Å²) >= 11 is 0. The first-order valence-electron chi connectivity index (χ1n) is 4.80. The normalized spacial score (nSPS) is 9.41. The molecule has 0 aromatic carbocycles. The lowest BCUT2D eigenvalue weighted by Gasteiger charge is -2.06. The number of methoxy groups -OCH3 is 1. The summed E-state index contributed by atoms with van der Waals surface area (Å²) in [5.41, 5.74) is 1.10. The molecule has 0 atom stereocenters. The van der Waals surface area contributed by atoms with Crippen LogP contribution < -0.4 is 10.1 Å². The Labute approximate surface area is 97.9 Å². The third-order valence-corrected chi connectivity index (χ3v) is 2.04. The molecule has 0 saturated carbocycles. The standard InChI is InChI=1S/C11H9N5O/c1-17-10-3-2-9(6-14-10)16-11-8(4-12)5-13-7-15-11/h2-3,5-7H,1H3,(H,13,15,16). The Morgan fingerprint density at radius 3 is 2.82 bits per heavy atom. The molecule has 6 nitrogen and oxygen atoms in total. The van der Waals surface area contributed by atoms with Gasteiger partial charge in [-0.2, -0.15) is 5.26 Å². The van der Waals surface area contributed by atoms with E-state index in [4.69, 9.17) is 10.00 Å². The van der Waals surface area contributed by atoms with Gasteiger partial charge in [0.05, 0.1) is 25.2 Å². The minimum absolute atomic E-state index is 0.378. The Hall–Kier alpha value is -2.68. The summed E-state index contributed by atoms with van der Waals surface area (Å²) < 4.78 is 4.95. The zero-order valence-corrected chi connectivity index (χ0v) is 9.08. The number of hydrogen-bond acceptors (Lipinski definition) is 6. The average molecular weight is 227 g/mol. The molecule has 2 rings (SSSR count). The number of nitrogens with zero attached hydrogens (tertiary/aromatic N) is 4. The van der Waals surface area contributed by atoms with Crippen molar-refractivity contribution in [2.75, 3.05) is 12.4 Å². The van der Waals surface area contributed by atoms with Gasteiger partial charge in [0.2, 0.25) is 5.88 Å². The van der Waals surface area contributed by atoms with Crippen LogP contribution in [0.25, 0.3) is 0 Å². The molecule has 0 bridgehead atoms. The highest BCUT2D eigenvalue weighted by molar-refractivity contribution is 5.61. The molecule has 0 radical (unpaired) electrons. The number of aromatic nitrogens is 3. The molecule has 0 aliphatic rings. The van der Waals surface area contributed by atoms with Crippen molar-refractivity contribution in [3.8, 4) is 11.9 Å². The van der Waals surface area contributed by atoms with Gasteiger partial charge in [-0.15, -0.1) is 0 Å². The maximum atomic E-state index is 8.87. The summed E-state index contributed by atoms with van der Waals surface area (Å²) in [7, 11) is 1.55. The van der Waals surface area contributed by atoms with Crippen LogP contribution in [0.4, 0.5) is 11.5 Å². The van der Waals surface area contributed by atoms with Gasteiger partial charge in [-0.05, 0) is 6.07 Å². The van der Waals surface area contributed by atoms with E-state index in [-0.39, 0.29) is 0 Å². The summed E-state index contributed by atoms with van der Waals surface area (Å²) in [4.78, 5) is 11.8. The Morgan fingerprint density at radius 1 is 1.29 bits per heavy atom. The minimum atomic E-state index is 0.378. The van der Waals surface area contributed by atoms with Crippen LogP contribution in [0.1, 0.15) is 5.56 Å². The largest absolute Gasteiger partial charge is 0.481 e. The van der Waals surface area contributed by atoms with Crippen molar-refractivity contribution in [1.82, 2.24) is 15.0 Å². The molecule has 2 heterocycles. The quantitative estimate of drug-likeness (QED) is 0.855. The van der Waals surface area contributed by atoms with Gasteiger partial charge in [-0.1, -0.05) is 0 Å². The van der Waals surface area contributed by atoms with Crippen LogP contribution in [0.2, 0.25) is 0 Å². The first-order valence-corrected chi connectivity index (χ1v) is 4.80. The summed E-state index contributed by atoms with van der Waals surface area (Å²) in [5.74, 6) is 0.980. The van der Waals surface area contributed by atoms with Crippen molar-refractivity contribution in [3.63, 3.8) is 0 Å². The predicted octanol–water partition coefficient (Wildman–Crippen LogP) is 1.50. The number of rotatable bonds is 3. The van der Waals surface area contributed by atoms with Crippen molar-refractivity contribution < 1.29 is 4.74 Å². The van der Waals surface area contributed by atoms with Gasteiger partial charge in [-0.25, -0.2) is 15.0 Å². The number of nitriles is 1. The van der Waals surface area contributed by atoms with Gasteiger partial charge in [0, 0.05) is 6.07 Å². The second-order valence-electron chi connectivity index (χ2n) is 3.11. The second-order valence-corrected chi connectivity index (χ2v) is 3.11. The molecular weight excluding hydrogens is 218 g/mol. The molecule has 2 aromatic rings. The Balaban J connectivity index is 2.23. The van der Waals surface area contributed by atoms with Crippen molar-refractivity contribution in [2.45, 2.75) is 0 Å². The predicted molar refractivity (Wildman–Crippen MR) is 60.8 cm³/mol. The minimum Gasteiger partial charge on any atom is -0.481 e. The van der Waals surface area contributed by atoms with Crippen molar-refractivity contribution in [3.05, 3.63) is 36.4 Å². The lowest BCUT2D eigenvalue weighted by atomic mass is 10.3. The van der Waals surface area contributed by atoms with Crippen molar-refractivity contribution in [1.29, 1.82) is 5.26 Å². The van der Waals surface area contributed by atoms with E-state index in [9.17, 15) is 0 Å². The summed E-state index contributed by atoms with van der Waals surface area (Å²) in [5, 5.41) is 11.9. The molecule has 0 amide bonds. The molecular formula is C11H9N5O. The monoisotopic (exact) mass is 227 g/mol. The average Bonchev–Trinajstić information content (AvgIpc) is 2.40. The van der Waals surface area contributed by atoms with E-state index in [0.717, 1.165) is 5.69 Å². The Bertz CT molecular complexity index is 547. The number of hydrogen-bond donors (Lipinski definition) is 1. The molecule has 2 aromatic heterocycles. The van der Waals surface area contributed by atoms with Gasteiger partial charge >= 0.3 is 0 Å². The van der Waals surface area contributed by atoms with E-state index in [1.54, 1.807) is 25.4 Å². The molecule has 0 fully saturated rings. The molecule has 0 saturated heterocycles. The molecule has 0 unspecified atom stereocenters. The lowest BCUT2D eigenvalue weighted by Crippen LogP contribution is -1.98. The van der Waals surface area contributed by atoms with E-state index >= 15 is 0 Å². The van der Waals surface area contributed by atoms with E-state index in [2.05, 4.69) is 20.3 Å². The first kappa shape index (κ1) is 10.8. The van der Waals surface area contributed by atoms with Crippen LogP contribution in [-0.4, -0.2) is 22.1 Å². The zero-order chi connectivity index (χ0) is 12.1. The highest BCUT2D eigenvalue weighted by Crippen LogP contribution is 2.17. The van der Waals surface area contributed by atoms with Crippen LogP contribution in [0.5, 0.6) is 5.88 Å². The molecule has 0 aliphatic carbocycles. The second kappa shape index (κ2) is 4.90. The first-order chi connectivity index (χ1) is 8.33. The van der Waals surface area contributed by atoms with E-state index in [1.807, 2.05) is 6.07 Å². The van der Waals surface area contributed by atoms with Gasteiger partial charge in [0.15, 0.2) is 5.82 Å². The van der Waals surface area contributed by atoms with Gasteiger partial charge in [0.1, 0.15) is 18.0 Å². The summed E-state index contributed by atoms with van der Waals surface area (Å²) in [6.07, 6.45) is 4.43. The number of ether oxygens (including phenoxy) is 1. The number of nitrogens with one attached hydrogen (secondary N) is 1. The fraction of sp³-hybridized carbons (Fsp3) is 0.0909. The van der Waals surface area contributed by atoms with Gasteiger partial charge in [-0.3, -0.25) is 0 Å². The molecule has 6 heteroatoms. The lowest BCUT2D eigenvalue weighted by molar-refractivity contribution is 0.398. The van der Waals surface area contributed by atoms with Gasteiger partial charge < -0.3 is 10.1 Å². The molecule has 0 aliphatic heterocycles. The number of anilines is 2. The maximum Gasteiger partial charge on any atom is 0.213 e. The van der Waals surface area contributed by atoms with E-state index in [0.29, 0.717) is 17.3 Å². The van der Waals surface area contributed by atoms with Crippen LogP contribution >= 0.6 is 0 Å². The van der Waals surface area contributed by atoms with Crippen LogP contribution in [0.3, 0.4) is 0 Å². The van der Waals surface area contributed by atoms with Crippen LogP contribution in [0.15, 0.2) is 30.9 Å². The summed E-state index contributed by atoms with van der Waals surface area (Å²) in [6, 6.07) is 5.51. The van der Waals surface area contributed by atoms with Crippen LogP contribution in [0, 0.1) is 11.3 Å². The van der Waals surface area contributed by atoms with E-state index in [1.165, 1.54) is 12.5 Å². The smallest absolute Gasteiger partial charge is 0.213 e. The molecule has 84 valence electrons. The number of pyridine rings is 1. The van der Waals surface area contributed by atoms with Crippen molar-refractivity contribution in [2.24, 2.45) is 0 Å². The SMILES string of the molecule is COc1ccc(Nc2ncncc2C#N)cn1. The van der Waals surface area contributed by atoms with E-state index < -0.39 is 0 Å². The highest BCUT2D eigenvalue weighted by Gasteiger charge is 2.03. The molecule has 0 spiro atoms.